The van der Waals surface area contributed by atoms with Gasteiger partial charge < -0.3 is 9.88 Å². The van der Waals surface area contributed by atoms with Crippen LogP contribution in [-0.4, -0.2) is 25.4 Å². The van der Waals surface area contributed by atoms with Crippen LogP contribution in [0.15, 0.2) is 64.5 Å². The van der Waals surface area contributed by atoms with Gasteiger partial charge in [0.25, 0.3) is 0 Å². The van der Waals surface area contributed by atoms with Crippen molar-refractivity contribution >= 4 is 26.6 Å². The van der Waals surface area contributed by atoms with Crippen LogP contribution in [0.25, 0.3) is 10.9 Å². The highest BCUT2D eigenvalue weighted by atomic mass is 32.2. The van der Waals surface area contributed by atoms with E-state index in [2.05, 4.69) is 12.2 Å². The number of nitrogens with one attached hydrogen (secondary N) is 1. The highest BCUT2D eigenvalue weighted by Crippen LogP contribution is 2.30. The first-order chi connectivity index (χ1) is 13.4. The fraction of sp³-hybridized carbons (Fsp3) is 0.286. The summed E-state index contributed by atoms with van der Waals surface area (Å²) in [6.45, 7) is 2.73. The molecule has 0 bridgehead atoms. The van der Waals surface area contributed by atoms with Gasteiger partial charge in [-0.05, 0) is 36.8 Å². The summed E-state index contributed by atoms with van der Waals surface area (Å²) >= 11 is 0. The van der Waals surface area contributed by atoms with Crippen molar-refractivity contribution in [2.24, 2.45) is 0 Å². The minimum Gasteiger partial charge on any atom is -0.355 e. The molecule has 0 radical (unpaired) electrons. The van der Waals surface area contributed by atoms with Crippen LogP contribution in [0.3, 0.4) is 0 Å². The fourth-order valence-electron chi connectivity index (χ4n) is 3.11. The van der Waals surface area contributed by atoms with Crippen molar-refractivity contribution in [1.29, 1.82) is 0 Å². The summed E-state index contributed by atoms with van der Waals surface area (Å²) in [4.78, 5) is 12.4. The molecule has 2 aromatic carbocycles. The Hall–Kier alpha value is -2.67. The number of hydrogen-bond acceptors (Lipinski definition) is 3. The molecule has 148 valence electrons. The maximum Gasteiger partial charge on any atom is 0.239 e. The normalized spacial score (nSPS) is 11.6. The fourth-order valence-corrected chi connectivity index (χ4v) is 4.59. The van der Waals surface area contributed by atoms with E-state index in [-0.39, 0.29) is 22.2 Å². The first kappa shape index (κ1) is 20.1. The molecule has 1 heterocycles. The van der Waals surface area contributed by atoms with Gasteiger partial charge in [-0.3, -0.25) is 4.79 Å². The van der Waals surface area contributed by atoms with Crippen molar-refractivity contribution in [3.05, 3.63) is 60.5 Å². The molecule has 0 aliphatic carbocycles. The molecule has 1 amide bonds. The molecule has 0 saturated carbocycles. The summed E-state index contributed by atoms with van der Waals surface area (Å²) in [5.74, 6) is -0.663. The molecule has 5 nitrogen and oxygen atoms in total. The first-order valence-corrected chi connectivity index (χ1v) is 10.8. The minimum absolute atomic E-state index is 0.0146. The number of para-hydroxylation sites is 1. The number of amides is 1. The third-order valence-electron chi connectivity index (χ3n) is 4.58. The average Bonchev–Trinajstić information content (AvgIpc) is 3.05. The predicted octanol–water partition coefficient (Wildman–Crippen LogP) is 3.92. The number of aromatic nitrogens is 1. The molecule has 3 aromatic rings. The van der Waals surface area contributed by atoms with E-state index < -0.39 is 15.7 Å². The zero-order valence-corrected chi connectivity index (χ0v) is 16.5. The van der Waals surface area contributed by atoms with E-state index in [1.54, 1.807) is 28.8 Å². The van der Waals surface area contributed by atoms with Crippen molar-refractivity contribution in [3.8, 4) is 0 Å². The van der Waals surface area contributed by atoms with Crippen LogP contribution >= 0.6 is 0 Å². The number of nitrogens with zero attached hydrogens (tertiary/aromatic N) is 1. The molecule has 0 spiro atoms. The van der Waals surface area contributed by atoms with Gasteiger partial charge >= 0.3 is 0 Å². The number of unbranched alkanes of at least 4 members (excludes halogenated alkanes) is 2. The number of carbonyl (C=O) groups excluding carboxylic acids is 1. The predicted molar refractivity (Wildman–Crippen MR) is 106 cm³/mol. The van der Waals surface area contributed by atoms with Crippen LogP contribution in [0.5, 0.6) is 0 Å². The van der Waals surface area contributed by atoms with Crippen LogP contribution in [-0.2, 0) is 21.2 Å². The highest BCUT2D eigenvalue weighted by Gasteiger charge is 2.23. The van der Waals surface area contributed by atoms with Crippen molar-refractivity contribution < 1.29 is 17.6 Å². The lowest BCUT2D eigenvalue weighted by Gasteiger charge is -2.07. The monoisotopic (exact) mass is 402 g/mol. The third kappa shape index (κ3) is 4.25. The Kier molecular flexibility index (Phi) is 6.14. The van der Waals surface area contributed by atoms with Crippen molar-refractivity contribution in [2.45, 2.75) is 42.5 Å². The van der Waals surface area contributed by atoms with Gasteiger partial charge in [-0.2, -0.15) is 0 Å². The van der Waals surface area contributed by atoms with E-state index in [0.717, 1.165) is 31.4 Å². The number of halogens is 1. The summed E-state index contributed by atoms with van der Waals surface area (Å²) < 4.78 is 41.0. The highest BCUT2D eigenvalue weighted by molar-refractivity contribution is 7.91. The molecule has 0 aliphatic rings. The second kappa shape index (κ2) is 8.56. The molecule has 0 atom stereocenters. The van der Waals surface area contributed by atoms with Gasteiger partial charge in [0.15, 0.2) is 0 Å². The lowest BCUT2D eigenvalue weighted by Crippen LogP contribution is -2.28. The zero-order chi connectivity index (χ0) is 20.1. The second-order valence-electron chi connectivity index (χ2n) is 6.65. The standard InChI is InChI=1S/C21H23FN2O3S/c1-2-3-6-13-23-21(25)15-24-14-20(18-7-4-5-8-19(18)24)28(26,27)17-11-9-16(22)10-12-17/h4-5,7-12,14H,2-3,6,13,15H2,1H3,(H,23,25). The van der Waals surface area contributed by atoms with Crippen molar-refractivity contribution in [3.63, 3.8) is 0 Å². The summed E-state index contributed by atoms with van der Waals surface area (Å²) in [5.41, 5.74) is 0.659. The molecular weight excluding hydrogens is 379 g/mol. The number of benzene rings is 2. The molecule has 1 aromatic heterocycles. The van der Waals surface area contributed by atoms with Crippen LogP contribution in [0.4, 0.5) is 4.39 Å². The summed E-state index contributed by atoms with van der Waals surface area (Å²) in [5, 5.41) is 3.40. The van der Waals surface area contributed by atoms with Gasteiger partial charge in [0.1, 0.15) is 12.4 Å². The summed E-state index contributed by atoms with van der Waals surface area (Å²) in [6.07, 6.45) is 4.52. The van der Waals surface area contributed by atoms with Crippen molar-refractivity contribution in [1.82, 2.24) is 9.88 Å². The molecule has 3 rings (SSSR count). The van der Waals surface area contributed by atoms with Gasteiger partial charge in [0.05, 0.1) is 9.79 Å². The third-order valence-corrected chi connectivity index (χ3v) is 6.38. The Morgan fingerprint density at radius 1 is 1.07 bits per heavy atom. The quantitative estimate of drug-likeness (QED) is 0.459. The largest absolute Gasteiger partial charge is 0.355 e. The molecule has 0 fully saturated rings. The van der Waals surface area contributed by atoms with Gasteiger partial charge in [-0.25, -0.2) is 12.8 Å². The molecule has 0 unspecified atom stereocenters. The first-order valence-electron chi connectivity index (χ1n) is 9.28. The molecule has 0 saturated heterocycles. The van der Waals surface area contributed by atoms with E-state index in [1.165, 1.54) is 18.3 Å². The lowest BCUT2D eigenvalue weighted by molar-refractivity contribution is -0.121. The van der Waals surface area contributed by atoms with Crippen LogP contribution in [0, 0.1) is 5.82 Å². The molecular formula is C21H23FN2O3S. The minimum atomic E-state index is -3.84. The van der Waals surface area contributed by atoms with Crippen LogP contribution < -0.4 is 5.32 Å². The lowest BCUT2D eigenvalue weighted by atomic mass is 10.2. The van der Waals surface area contributed by atoms with Gasteiger partial charge in [0.2, 0.25) is 15.7 Å². The van der Waals surface area contributed by atoms with E-state index in [9.17, 15) is 17.6 Å². The maximum absolute atomic E-state index is 13.2. The van der Waals surface area contributed by atoms with Gasteiger partial charge in [-0.15, -0.1) is 0 Å². The van der Waals surface area contributed by atoms with E-state index >= 15 is 0 Å². The van der Waals surface area contributed by atoms with Crippen LogP contribution in [0.2, 0.25) is 0 Å². The number of hydrogen-bond donors (Lipinski definition) is 1. The smallest absolute Gasteiger partial charge is 0.239 e. The zero-order valence-electron chi connectivity index (χ0n) is 15.7. The number of fused-ring (bicyclic) bond motifs is 1. The van der Waals surface area contributed by atoms with E-state index in [1.807, 2.05) is 0 Å². The van der Waals surface area contributed by atoms with E-state index in [4.69, 9.17) is 0 Å². The molecule has 28 heavy (non-hydrogen) atoms. The SMILES string of the molecule is CCCCCNC(=O)Cn1cc(S(=O)(=O)c2ccc(F)cc2)c2ccccc21. The number of carbonyl (C=O) groups is 1. The number of rotatable bonds is 8. The molecule has 1 N–H and O–H groups in total. The Morgan fingerprint density at radius 3 is 2.50 bits per heavy atom. The topological polar surface area (TPSA) is 68.2 Å². The molecule has 7 heteroatoms. The molecule has 0 aliphatic heterocycles. The summed E-state index contributed by atoms with van der Waals surface area (Å²) in [6, 6.07) is 11.8. The van der Waals surface area contributed by atoms with Gasteiger partial charge in [0, 0.05) is 23.6 Å². The second-order valence-corrected chi connectivity index (χ2v) is 8.57. The van der Waals surface area contributed by atoms with Gasteiger partial charge in [-0.1, -0.05) is 38.0 Å². The van der Waals surface area contributed by atoms with Crippen molar-refractivity contribution in [2.75, 3.05) is 6.54 Å². The Bertz CT molecular complexity index is 1070. The Balaban J connectivity index is 1.92. The average molecular weight is 402 g/mol. The Labute approximate surface area is 164 Å². The number of sulfone groups is 1. The maximum atomic E-state index is 13.2. The summed E-state index contributed by atoms with van der Waals surface area (Å²) in [7, 11) is -3.84. The van der Waals surface area contributed by atoms with Crippen LogP contribution in [0.1, 0.15) is 26.2 Å². The van der Waals surface area contributed by atoms with E-state index in [0.29, 0.717) is 17.4 Å². The Morgan fingerprint density at radius 2 is 1.79 bits per heavy atom.